The van der Waals surface area contributed by atoms with Crippen molar-refractivity contribution in [1.82, 2.24) is 30.8 Å². The molecule has 0 bridgehead atoms. The fraction of sp³-hybridized carbons (Fsp3) is 0.389. The summed E-state index contributed by atoms with van der Waals surface area (Å²) in [6.07, 6.45) is 4.41. The second kappa shape index (κ2) is 17.0. The van der Waals surface area contributed by atoms with Gasteiger partial charge >= 0.3 is 0 Å². The van der Waals surface area contributed by atoms with Crippen LogP contribution in [0.25, 0.3) is 22.4 Å². The highest BCUT2D eigenvalue weighted by atomic mass is 35.5. The van der Waals surface area contributed by atoms with Gasteiger partial charge in [0.2, 0.25) is 23.6 Å². The molecule has 1 aromatic heterocycles. The zero-order chi connectivity index (χ0) is 35.8. The maximum atomic E-state index is 11.9. The van der Waals surface area contributed by atoms with Crippen molar-refractivity contribution in [2.24, 2.45) is 9.98 Å². The van der Waals surface area contributed by atoms with Crippen molar-refractivity contribution in [2.75, 3.05) is 40.9 Å². The largest absolute Gasteiger partial charge is 0.480 e. The molecule has 0 radical (unpaired) electrons. The quantitative estimate of drug-likeness (QED) is 0.147. The van der Waals surface area contributed by atoms with Crippen LogP contribution in [-0.4, -0.2) is 92.1 Å². The number of nitrogens with one attached hydrogen (secondary N) is 3. The molecule has 2 aliphatic heterocycles. The van der Waals surface area contributed by atoms with Crippen molar-refractivity contribution in [3.63, 3.8) is 0 Å². The third-order valence-electron chi connectivity index (χ3n) is 8.93. The lowest BCUT2D eigenvalue weighted by atomic mass is 9.98. The maximum Gasteiger partial charge on any atom is 0.237 e. The minimum absolute atomic E-state index is 0.0651. The number of nitrogens with zero attached hydrogens (tertiary/aromatic N) is 5. The first-order valence-corrected chi connectivity index (χ1v) is 17.1. The summed E-state index contributed by atoms with van der Waals surface area (Å²) in [6.45, 7) is 7.58. The lowest BCUT2D eigenvalue weighted by molar-refractivity contribution is -0.127. The molecular weight excluding hydrogens is 679 g/mol. The normalized spacial score (nSPS) is 18.3. The summed E-state index contributed by atoms with van der Waals surface area (Å²) < 4.78 is 11.2. The molecule has 264 valence electrons. The molecular formula is C36H42Cl2N8O4. The van der Waals surface area contributed by atoms with Crippen LogP contribution in [0.15, 0.2) is 64.2 Å². The summed E-state index contributed by atoms with van der Waals surface area (Å²) in [7, 11) is 4.91. The number of aliphatic imine (C=N–C) groups is 2. The van der Waals surface area contributed by atoms with Gasteiger partial charge in [-0.3, -0.25) is 19.6 Å². The minimum atomic E-state index is 0.0651. The summed E-state index contributed by atoms with van der Waals surface area (Å²) in [5.74, 6) is 0.915. The molecule has 14 heteroatoms. The first-order chi connectivity index (χ1) is 24.1. The number of aromatic nitrogens is 2. The van der Waals surface area contributed by atoms with Crippen LogP contribution < -0.4 is 20.7 Å². The number of hydrogen-bond acceptors (Lipinski definition) is 10. The van der Waals surface area contributed by atoms with E-state index in [-0.39, 0.29) is 23.9 Å². The predicted molar refractivity (Wildman–Crippen MR) is 197 cm³/mol. The highest BCUT2D eigenvalue weighted by Crippen LogP contribution is 2.40. The number of halogens is 2. The molecule has 3 aromatic rings. The number of benzene rings is 2. The van der Waals surface area contributed by atoms with Gasteiger partial charge in [0.05, 0.1) is 41.9 Å². The summed E-state index contributed by atoms with van der Waals surface area (Å²) in [6, 6.07) is 11.6. The Morgan fingerprint density at radius 1 is 1.04 bits per heavy atom. The van der Waals surface area contributed by atoms with Crippen LogP contribution in [0.4, 0.5) is 0 Å². The van der Waals surface area contributed by atoms with E-state index in [4.69, 9.17) is 42.7 Å². The molecule has 2 saturated heterocycles. The van der Waals surface area contributed by atoms with Gasteiger partial charge in [-0.05, 0) is 26.5 Å². The van der Waals surface area contributed by atoms with Crippen molar-refractivity contribution in [3.05, 3.63) is 75.5 Å². The summed E-state index contributed by atoms with van der Waals surface area (Å²) in [4.78, 5) is 43.4. The summed E-state index contributed by atoms with van der Waals surface area (Å²) in [5.41, 5.74) is 5.12. The van der Waals surface area contributed by atoms with E-state index in [2.05, 4.69) is 32.6 Å². The summed E-state index contributed by atoms with van der Waals surface area (Å²) >= 11 is 14.1. The van der Waals surface area contributed by atoms with E-state index < -0.39 is 0 Å². The monoisotopic (exact) mass is 720 g/mol. The van der Waals surface area contributed by atoms with Gasteiger partial charge in [-0.2, -0.15) is 0 Å². The third-order valence-corrected chi connectivity index (χ3v) is 9.75. The second-order valence-corrected chi connectivity index (χ2v) is 12.9. The van der Waals surface area contributed by atoms with Gasteiger partial charge in [0.25, 0.3) is 0 Å². The lowest BCUT2D eigenvalue weighted by Crippen LogP contribution is -2.37. The fourth-order valence-electron chi connectivity index (χ4n) is 6.06. The fourth-order valence-corrected chi connectivity index (χ4v) is 6.75. The molecule has 2 fully saturated rings. The van der Waals surface area contributed by atoms with Gasteiger partial charge in [-0.15, -0.1) is 0 Å². The van der Waals surface area contributed by atoms with E-state index in [9.17, 15) is 9.59 Å². The number of carbonyl (C=O) groups excluding carboxylic acids is 2. The van der Waals surface area contributed by atoms with Crippen LogP contribution in [0.3, 0.4) is 0 Å². The molecule has 2 amide bonds. The summed E-state index contributed by atoms with van der Waals surface area (Å²) in [5, 5.41) is 10.5. The minimum Gasteiger partial charge on any atom is -0.480 e. The van der Waals surface area contributed by atoms with E-state index in [0.717, 1.165) is 12.8 Å². The van der Waals surface area contributed by atoms with E-state index in [1.54, 1.807) is 18.2 Å². The number of methoxy groups -OCH3 is 2. The predicted octanol–water partition coefficient (Wildman–Crippen LogP) is 5.03. The van der Waals surface area contributed by atoms with E-state index in [1.165, 1.54) is 7.11 Å². The second-order valence-electron chi connectivity index (χ2n) is 12.1. The van der Waals surface area contributed by atoms with Gasteiger partial charge in [0.15, 0.2) is 0 Å². The molecule has 3 heterocycles. The van der Waals surface area contributed by atoms with Crippen LogP contribution in [0.1, 0.15) is 43.9 Å². The van der Waals surface area contributed by atoms with Gasteiger partial charge in [0, 0.05) is 80.4 Å². The molecule has 2 atom stereocenters. The van der Waals surface area contributed by atoms with E-state index in [1.807, 2.05) is 50.4 Å². The lowest BCUT2D eigenvalue weighted by Gasteiger charge is -2.20. The molecule has 0 spiro atoms. The number of amides is 2. The van der Waals surface area contributed by atoms with Crippen molar-refractivity contribution in [2.45, 2.75) is 51.2 Å². The average Bonchev–Trinajstić information content (AvgIpc) is 3.69. The molecule has 3 N–H and O–H groups in total. The van der Waals surface area contributed by atoms with Crippen molar-refractivity contribution < 1.29 is 19.1 Å². The van der Waals surface area contributed by atoms with E-state index >= 15 is 0 Å². The van der Waals surface area contributed by atoms with Crippen LogP contribution in [-0.2, 0) is 20.9 Å². The van der Waals surface area contributed by atoms with Crippen molar-refractivity contribution >= 4 is 47.4 Å². The number of rotatable bonds is 15. The number of likely N-dealkylation sites (tertiary alicyclic amines) is 1. The molecule has 2 aliphatic rings. The zero-order valence-electron chi connectivity index (χ0n) is 28.7. The van der Waals surface area contributed by atoms with Crippen molar-refractivity contribution in [1.29, 1.82) is 0 Å². The smallest absolute Gasteiger partial charge is 0.237 e. The van der Waals surface area contributed by atoms with Gasteiger partial charge in [-0.1, -0.05) is 59.6 Å². The molecule has 0 unspecified atom stereocenters. The third kappa shape index (κ3) is 8.50. The Hall–Kier alpha value is -4.36. The van der Waals surface area contributed by atoms with Crippen LogP contribution in [0.5, 0.6) is 5.88 Å². The molecule has 5 rings (SSSR count). The maximum absolute atomic E-state index is 11.9. The van der Waals surface area contributed by atoms with E-state index in [0.29, 0.717) is 106 Å². The van der Waals surface area contributed by atoms with Gasteiger partial charge in [-0.25, -0.2) is 9.98 Å². The Morgan fingerprint density at radius 3 is 2.44 bits per heavy atom. The number of hydrogen-bond donors (Lipinski definition) is 3. The highest BCUT2D eigenvalue weighted by molar-refractivity contribution is 6.39. The average molecular weight is 722 g/mol. The Morgan fingerprint density at radius 2 is 1.78 bits per heavy atom. The van der Waals surface area contributed by atoms with Crippen molar-refractivity contribution in [3.8, 4) is 28.3 Å². The standard InChI is InChI=1S/C36H42Cl2N8O4/c1-21(43-35(49-4)29(39-2)18-40-16-22-12-14-31(47)44-22)24-8-6-9-25(33(24)37)26-10-7-11-27(34(26)38)28-20-42-30(36(45-28)50-5)19-41-17-23-13-15-32(48)46(23)3/h6-11,20,22-23,40-41H,2,12-19H2,1,3-5H3,(H,44,47)/b35-29+,43-21+/t22-,23-/m0/s1. The number of carbonyl (C=O) groups is 2. The van der Waals surface area contributed by atoms with Gasteiger partial charge < -0.3 is 30.3 Å². The molecule has 0 aliphatic carbocycles. The topological polar surface area (TPSA) is 142 Å². The Balaban J connectivity index is 1.35. The molecule has 12 nitrogen and oxygen atoms in total. The first kappa shape index (κ1) is 36.9. The van der Waals surface area contributed by atoms with Crippen LogP contribution in [0.2, 0.25) is 10.0 Å². The SMILES string of the molecule is C=N/C(CNC[C@@H]1CCC(=O)N1)=C(\N=C(/C)c1cccc(-c2cccc(-c3cnc(CNC[C@@H]4CCC(=O)N4C)c(OC)n3)c2Cl)c1Cl)OC. The zero-order valence-corrected chi connectivity index (χ0v) is 30.2. The van der Waals surface area contributed by atoms with Gasteiger partial charge in [0.1, 0.15) is 11.4 Å². The molecule has 2 aromatic carbocycles. The molecule has 0 saturated carbocycles. The molecule has 50 heavy (non-hydrogen) atoms. The number of ether oxygens (including phenoxy) is 2. The Labute approximate surface area is 302 Å². The Bertz CT molecular complexity index is 1810. The van der Waals surface area contributed by atoms with Crippen LogP contribution >= 0.6 is 23.2 Å². The highest BCUT2D eigenvalue weighted by Gasteiger charge is 2.27. The number of likely N-dealkylation sites (N-methyl/N-ethyl adjacent to an activating group) is 1. The Kier molecular flexibility index (Phi) is 12.6. The first-order valence-electron chi connectivity index (χ1n) is 16.4. The van der Waals surface area contributed by atoms with Crippen LogP contribution in [0, 0.1) is 0 Å².